The summed E-state index contributed by atoms with van der Waals surface area (Å²) in [6.45, 7) is 4.11. The highest BCUT2D eigenvalue weighted by Crippen LogP contribution is 2.23. The van der Waals surface area contributed by atoms with E-state index in [9.17, 15) is 9.90 Å². The van der Waals surface area contributed by atoms with Crippen molar-refractivity contribution in [2.24, 2.45) is 0 Å². The summed E-state index contributed by atoms with van der Waals surface area (Å²) < 4.78 is 0.742. The minimum absolute atomic E-state index is 0.0715. The van der Waals surface area contributed by atoms with E-state index in [0.717, 1.165) is 22.2 Å². The first-order valence-electron chi connectivity index (χ1n) is 6.29. The van der Waals surface area contributed by atoms with E-state index in [0.29, 0.717) is 19.6 Å². The molecular weight excluding hydrogens is 284 g/mol. The Kier molecular flexibility index (Phi) is 4.50. The molecule has 2 rings (SSSR count). The highest BCUT2D eigenvalue weighted by atomic mass is 35.5. The number of carbonyl (C=O) groups excluding carboxylic acids is 1. The van der Waals surface area contributed by atoms with Crippen LogP contribution in [0.1, 0.15) is 18.2 Å². The number of amides is 1. The topological polar surface area (TPSA) is 43.8 Å². The van der Waals surface area contributed by atoms with Crippen molar-refractivity contribution in [2.75, 3.05) is 26.7 Å². The van der Waals surface area contributed by atoms with Gasteiger partial charge in [0.25, 0.3) is 0 Å². The third-order valence-electron chi connectivity index (χ3n) is 3.34. The molecule has 1 aromatic rings. The predicted octanol–water partition coefficient (Wildman–Crippen LogP) is 1.82. The van der Waals surface area contributed by atoms with Crippen LogP contribution in [-0.2, 0) is 11.3 Å². The molecule has 1 unspecified atom stereocenters. The molecule has 1 aromatic heterocycles. The Balaban J connectivity index is 1.83. The molecule has 2 heterocycles. The molecule has 0 radical (unpaired) electrons. The summed E-state index contributed by atoms with van der Waals surface area (Å²) in [6.07, 6.45) is 0.727. The van der Waals surface area contributed by atoms with Crippen LogP contribution in [0.3, 0.4) is 0 Å². The van der Waals surface area contributed by atoms with Crippen LogP contribution in [0.4, 0.5) is 0 Å². The number of likely N-dealkylation sites (tertiary alicyclic amines) is 1. The minimum atomic E-state index is -0.653. The number of rotatable bonds is 4. The first kappa shape index (κ1) is 14.8. The molecule has 1 N–H and O–H groups in total. The van der Waals surface area contributed by atoms with Crippen molar-refractivity contribution in [1.82, 2.24) is 9.80 Å². The van der Waals surface area contributed by atoms with Gasteiger partial charge in [-0.3, -0.25) is 9.69 Å². The number of hydrogen-bond donors (Lipinski definition) is 1. The van der Waals surface area contributed by atoms with Gasteiger partial charge in [-0.2, -0.15) is 0 Å². The van der Waals surface area contributed by atoms with Crippen LogP contribution in [-0.4, -0.2) is 53.1 Å². The Morgan fingerprint density at radius 3 is 2.89 bits per heavy atom. The number of carbonyl (C=O) groups is 1. The Hall–Kier alpha value is -0.620. The number of likely N-dealkylation sites (N-methyl/N-ethyl adjacent to an activating group) is 1. The van der Waals surface area contributed by atoms with Gasteiger partial charge >= 0.3 is 0 Å². The van der Waals surface area contributed by atoms with E-state index in [2.05, 4.69) is 0 Å². The first-order chi connectivity index (χ1) is 8.85. The molecule has 1 amide bonds. The fraction of sp³-hybridized carbons (Fsp3) is 0.615. The molecule has 0 spiro atoms. The molecule has 0 saturated carbocycles. The van der Waals surface area contributed by atoms with E-state index >= 15 is 0 Å². The van der Waals surface area contributed by atoms with Gasteiger partial charge in [-0.25, -0.2) is 0 Å². The van der Waals surface area contributed by atoms with Gasteiger partial charge in [-0.1, -0.05) is 11.6 Å². The lowest BCUT2D eigenvalue weighted by Crippen LogP contribution is -2.38. The summed E-state index contributed by atoms with van der Waals surface area (Å²) in [7, 11) is 1.80. The zero-order valence-corrected chi connectivity index (χ0v) is 12.8. The van der Waals surface area contributed by atoms with Crippen LogP contribution in [0.5, 0.6) is 0 Å². The normalized spacial score (nSPS) is 23.8. The molecule has 106 valence electrons. The van der Waals surface area contributed by atoms with Crippen molar-refractivity contribution < 1.29 is 9.90 Å². The van der Waals surface area contributed by atoms with Crippen molar-refractivity contribution >= 4 is 28.8 Å². The fourth-order valence-electron chi connectivity index (χ4n) is 2.24. The van der Waals surface area contributed by atoms with Crippen molar-refractivity contribution in [2.45, 2.75) is 25.5 Å². The zero-order chi connectivity index (χ0) is 14.0. The standard InChI is InChI=1S/C13H19ClN2O2S/c1-13(18)5-6-16(9-13)8-12(17)15(2)7-10-3-4-11(14)19-10/h3-4,18H,5-9H2,1-2H3. The lowest BCUT2D eigenvalue weighted by molar-refractivity contribution is -0.131. The van der Waals surface area contributed by atoms with E-state index in [1.165, 1.54) is 11.3 Å². The average Bonchev–Trinajstić information content (AvgIpc) is 2.85. The Morgan fingerprint density at radius 2 is 2.37 bits per heavy atom. The maximum absolute atomic E-state index is 12.1. The van der Waals surface area contributed by atoms with Crippen molar-refractivity contribution in [3.05, 3.63) is 21.3 Å². The third kappa shape index (κ3) is 4.18. The Bertz CT molecular complexity index is 461. The smallest absolute Gasteiger partial charge is 0.236 e. The molecule has 4 nitrogen and oxygen atoms in total. The maximum atomic E-state index is 12.1. The lowest BCUT2D eigenvalue weighted by atomic mass is 10.1. The fourth-order valence-corrected chi connectivity index (χ4v) is 3.39. The molecule has 1 aliphatic rings. The van der Waals surface area contributed by atoms with Crippen LogP contribution in [0.15, 0.2) is 12.1 Å². The van der Waals surface area contributed by atoms with Crippen LogP contribution in [0.2, 0.25) is 4.34 Å². The molecule has 0 aromatic carbocycles. The van der Waals surface area contributed by atoms with Crippen molar-refractivity contribution in [3.63, 3.8) is 0 Å². The van der Waals surface area contributed by atoms with Crippen molar-refractivity contribution in [1.29, 1.82) is 0 Å². The third-order valence-corrected chi connectivity index (χ3v) is 4.55. The molecule has 0 bridgehead atoms. The van der Waals surface area contributed by atoms with E-state index in [-0.39, 0.29) is 5.91 Å². The van der Waals surface area contributed by atoms with Gasteiger partial charge in [-0.15, -0.1) is 11.3 Å². The molecule has 6 heteroatoms. The van der Waals surface area contributed by atoms with Gasteiger partial charge in [-0.05, 0) is 25.5 Å². The van der Waals surface area contributed by atoms with Crippen LogP contribution in [0, 0.1) is 0 Å². The molecular formula is C13H19ClN2O2S. The second-order valence-electron chi connectivity index (χ2n) is 5.41. The molecule has 1 fully saturated rings. The van der Waals surface area contributed by atoms with Crippen molar-refractivity contribution in [3.8, 4) is 0 Å². The van der Waals surface area contributed by atoms with Crippen LogP contribution >= 0.6 is 22.9 Å². The van der Waals surface area contributed by atoms with Gasteiger partial charge in [0.1, 0.15) is 0 Å². The van der Waals surface area contributed by atoms with E-state index < -0.39 is 5.60 Å². The minimum Gasteiger partial charge on any atom is -0.389 e. The SMILES string of the molecule is CN(Cc1ccc(Cl)s1)C(=O)CN1CCC(C)(O)C1. The number of thiophene rings is 1. The highest BCUT2D eigenvalue weighted by molar-refractivity contribution is 7.16. The molecule has 0 aliphatic carbocycles. The summed E-state index contributed by atoms with van der Waals surface area (Å²) in [5.74, 6) is 0.0715. The second-order valence-corrected chi connectivity index (χ2v) is 7.21. The summed E-state index contributed by atoms with van der Waals surface area (Å²) in [4.78, 5) is 16.9. The Labute approximate surface area is 122 Å². The zero-order valence-electron chi connectivity index (χ0n) is 11.2. The lowest BCUT2D eigenvalue weighted by Gasteiger charge is -2.22. The Morgan fingerprint density at radius 1 is 1.63 bits per heavy atom. The molecule has 1 atom stereocenters. The quantitative estimate of drug-likeness (QED) is 0.922. The highest BCUT2D eigenvalue weighted by Gasteiger charge is 2.32. The summed E-state index contributed by atoms with van der Waals surface area (Å²) in [6, 6.07) is 3.79. The average molecular weight is 303 g/mol. The van der Waals surface area contributed by atoms with Crippen LogP contribution < -0.4 is 0 Å². The number of nitrogens with zero attached hydrogens (tertiary/aromatic N) is 2. The summed E-state index contributed by atoms with van der Waals surface area (Å²) in [5.41, 5.74) is -0.653. The van der Waals surface area contributed by atoms with Crippen LogP contribution in [0.25, 0.3) is 0 Å². The van der Waals surface area contributed by atoms with Gasteiger partial charge in [0.2, 0.25) is 5.91 Å². The molecule has 19 heavy (non-hydrogen) atoms. The predicted molar refractivity (Wildman–Crippen MR) is 77.5 cm³/mol. The monoisotopic (exact) mass is 302 g/mol. The second kappa shape index (κ2) is 5.79. The number of aliphatic hydroxyl groups is 1. The van der Waals surface area contributed by atoms with E-state index in [1.807, 2.05) is 24.0 Å². The molecule has 1 aliphatic heterocycles. The van der Waals surface area contributed by atoms with Gasteiger partial charge in [0, 0.05) is 25.0 Å². The molecule has 1 saturated heterocycles. The first-order valence-corrected chi connectivity index (χ1v) is 7.48. The number of β-amino-alcohol motifs (C(OH)–C–C–N with tert-alkyl or cyclic N) is 1. The van der Waals surface area contributed by atoms with Gasteiger partial charge in [0.05, 0.1) is 23.0 Å². The van der Waals surface area contributed by atoms with Gasteiger partial charge in [0.15, 0.2) is 0 Å². The summed E-state index contributed by atoms with van der Waals surface area (Å²) in [5, 5.41) is 9.87. The van der Waals surface area contributed by atoms with Gasteiger partial charge < -0.3 is 10.0 Å². The number of halogens is 1. The number of hydrogen-bond acceptors (Lipinski definition) is 4. The largest absolute Gasteiger partial charge is 0.389 e. The summed E-state index contributed by atoms with van der Waals surface area (Å²) >= 11 is 7.37. The van der Waals surface area contributed by atoms with E-state index in [4.69, 9.17) is 11.6 Å². The maximum Gasteiger partial charge on any atom is 0.236 e. The van der Waals surface area contributed by atoms with E-state index in [1.54, 1.807) is 11.9 Å².